The maximum Gasteiger partial charge on any atom is 0.286 e. The first-order valence-corrected chi connectivity index (χ1v) is 8.61. The highest BCUT2D eigenvalue weighted by Crippen LogP contribution is 2.33. The lowest BCUT2D eigenvalue weighted by atomic mass is 10.4. The molecule has 3 rings (SSSR count). The fourth-order valence-electron chi connectivity index (χ4n) is 1.54. The van der Waals surface area contributed by atoms with E-state index in [0.717, 1.165) is 9.75 Å². The minimum Gasteiger partial charge on any atom is -0.266 e. The molecule has 1 aliphatic rings. The maximum absolute atomic E-state index is 12.2. The average Bonchev–Trinajstić information content (AvgIpc) is 3.13. The van der Waals surface area contributed by atoms with Crippen molar-refractivity contribution in [3.63, 3.8) is 0 Å². The number of amides is 1. The van der Waals surface area contributed by atoms with Gasteiger partial charge in [-0.15, -0.1) is 22.7 Å². The highest BCUT2D eigenvalue weighted by Gasteiger charge is 2.32. The SMILES string of the molecule is O=C1/C(=C/c2cccs2)SC(=S)N1/N=C/c1cccs1. The van der Waals surface area contributed by atoms with E-state index in [-0.39, 0.29) is 5.91 Å². The molecule has 3 heterocycles. The Balaban J connectivity index is 1.80. The maximum atomic E-state index is 12.2. The first-order chi connectivity index (χ1) is 9.74. The average molecular weight is 336 g/mol. The van der Waals surface area contributed by atoms with Gasteiger partial charge in [-0.3, -0.25) is 4.79 Å². The number of nitrogens with zero attached hydrogens (tertiary/aromatic N) is 2. The fraction of sp³-hybridized carbons (Fsp3) is 0. The van der Waals surface area contributed by atoms with Gasteiger partial charge in [0, 0.05) is 9.75 Å². The standard InChI is InChI=1S/C13H8N2OS4/c16-12-11(7-9-3-1-5-18-9)20-13(17)15(12)14-8-10-4-2-6-19-10/h1-8H/b11-7-,14-8+. The molecule has 0 atom stereocenters. The summed E-state index contributed by atoms with van der Waals surface area (Å²) in [7, 11) is 0. The molecule has 0 radical (unpaired) electrons. The molecular formula is C13H8N2OS4. The lowest BCUT2D eigenvalue weighted by molar-refractivity contribution is -0.122. The van der Waals surface area contributed by atoms with Crippen LogP contribution in [0.25, 0.3) is 6.08 Å². The summed E-state index contributed by atoms with van der Waals surface area (Å²) in [5.74, 6) is -0.166. The first-order valence-electron chi connectivity index (χ1n) is 5.63. The molecular weight excluding hydrogens is 328 g/mol. The van der Waals surface area contributed by atoms with Gasteiger partial charge in [-0.05, 0) is 41.2 Å². The highest BCUT2D eigenvalue weighted by atomic mass is 32.2. The number of rotatable bonds is 3. The zero-order valence-corrected chi connectivity index (χ0v) is 13.3. The molecule has 0 spiro atoms. The predicted molar refractivity (Wildman–Crippen MR) is 91.2 cm³/mol. The first kappa shape index (κ1) is 13.7. The van der Waals surface area contributed by atoms with Crippen molar-refractivity contribution in [2.24, 2.45) is 5.10 Å². The van der Waals surface area contributed by atoms with E-state index >= 15 is 0 Å². The van der Waals surface area contributed by atoms with E-state index in [2.05, 4.69) is 5.10 Å². The number of thioether (sulfide) groups is 1. The molecule has 1 amide bonds. The topological polar surface area (TPSA) is 32.7 Å². The lowest BCUT2D eigenvalue weighted by Gasteiger charge is -2.05. The molecule has 3 nitrogen and oxygen atoms in total. The van der Waals surface area contributed by atoms with Crippen LogP contribution in [0.4, 0.5) is 0 Å². The third-order valence-electron chi connectivity index (χ3n) is 2.43. The van der Waals surface area contributed by atoms with Crippen molar-refractivity contribution in [2.75, 3.05) is 0 Å². The Kier molecular flexibility index (Phi) is 4.11. The summed E-state index contributed by atoms with van der Waals surface area (Å²) < 4.78 is 0.464. The molecule has 1 saturated heterocycles. The minimum absolute atomic E-state index is 0.166. The zero-order valence-electron chi connectivity index (χ0n) is 10.1. The van der Waals surface area contributed by atoms with Crippen LogP contribution >= 0.6 is 46.7 Å². The number of carbonyl (C=O) groups is 1. The summed E-state index contributed by atoms with van der Waals surface area (Å²) >= 11 is 9.64. The molecule has 2 aromatic heterocycles. The monoisotopic (exact) mass is 336 g/mol. The van der Waals surface area contributed by atoms with E-state index in [0.29, 0.717) is 9.23 Å². The van der Waals surface area contributed by atoms with Gasteiger partial charge in [0.2, 0.25) is 0 Å². The third kappa shape index (κ3) is 2.90. The van der Waals surface area contributed by atoms with Crippen LogP contribution in [0, 0.1) is 0 Å². The second-order valence-corrected chi connectivity index (χ2v) is 7.40. The predicted octanol–water partition coefficient (Wildman–Crippen LogP) is 4.04. The highest BCUT2D eigenvalue weighted by molar-refractivity contribution is 8.26. The number of thiocarbonyl (C=S) groups is 1. The van der Waals surface area contributed by atoms with Crippen LogP contribution in [0.1, 0.15) is 9.75 Å². The van der Waals surface area contributed by atoms with E-state index in [1.54, 1.807) is 28.9 Å². The Morgan fingerprint density at radius 1 is 1.15 bits per heavy atom. The van der Waals surface area contributed by atoms with Crippen molar-refractivity contribution in [3.8, 4) is 0 Å². The summed E-state index contributed by atoms with van der Waals surface area (Å²) in [4.78, 5) is 14.9. The number of hydrogen-bond acceptors (Lipinski definition) is 6. The minimum atomic E-state index is -0.166. The number of hydrogen-bond donors (Lipinski definition) is 0. The normalized spacial score (nSPS) is 17.8. The number of carbonyl (C=O) groups excluding carboxylic acids is 1. The molecule has 20 heavy (non-hydrogen) atoms. The third-order valence-corrected chi connectivity index (χ3v) is 5.34. The largest absolute Gasteiger partial charge is 0.286 e. The molecule has 0 aliphatic carbocycles. The van der Waals surface area contributed by atoms with Gasteiger partial charge in [-0.1, -0.05) is 23.9 Å². The summed E-state index contributed by atoms with van der Waals surface area (Å²) in [5.41, 5.74) is 0. The molecule has 0 N–H and O–H groups in total. The van der Waals surface area contributed by atoms with E-state index in [1.807, 2.05) is 41.1 Å². The van der Waals surface area contributed by atoms with Crippen molar-refractivity contribution in [1.29, 1.82) is 0 Å². The van der Waals surface area contributed by atoms with Crippen molar-refractivity contribution in [1.82, 2.24) is 5.01 Å². The van der Waals surface area contributed by atoms with Crippen molar-refractivity contribution < 1.29 is 4.79 Å². The van der Waals surface area contributed by atoms with E-state index < -0.39 is 0 Å². The van der Waals surface area contributed by atoms with Crippen molar-refractivity contribution >= 4 is 69.2 Å². The van der Waals surface area contributed by atoms with Gasteiger partial charge in [0.25, 0.3) is 5.91 Å². The number of thiophene rings is 2. The van der Waals surface area contributed by atoms with Gasteiger partial charge in [-0.2, -0.15) is 10.1 Å². The van der Waals surface area contributed by atoms with Crippen LogP contribution in [0.15, 0.2) is 45.0 Å². The van der Waals surface area contributed by atoms with Crippen molar-refractivity contribution in [2.45, 2.75) is 0 Å². The molecule has 0 aromatic carbocycles. The van der Waals surface area contributed by atoms with E-state index in [4.69, 9.17) is 12.2 Å². The van der Waals surface area contributed by atoms with Crippen LogP contribution in [0.3, 0.4) is 0 Å². The molecule has 2 aromatic rings. The molecule has 0 unspecified atom stereocenters. The Bertz CT molecular complexity index is 686. The van der Waals surface area contributed by atoms with Crippen LogP contribution < -0.4 is 0 Å². The van der Waals surface area contributed by atoms with Gasteiger partial charge in [-0.25, -0.2) is 0 Å². The summed E-state index contributed by atoms with van der Waals surface area (Å²) in [6, 6.07) is 7.79. The van der Waals surface area contributed by atoms with Crippen LogP contribution in [-0.2, 0) is 4.79 Å². The van der Waals surface area contributed by atoms with E-state index in [1.165, 1.54) is 16.8 Å². The molecule has 0 saturated carbocycles. The summed E-state index contributed by atoms with van der Waals surface area (Å²) in [5, 5.41) is 9.39. The second kappa shape index (κ2) is 6.01. The number of hydrazone groups is 1. The van der Waals surface area contributed by atoms with Gasteiger partial charge >= 0.3 is 0 Å². The Morgan fingerprint density at radius 2 is 1.85 bits per heavy atom. The lowest BCUT2D eigenvalue weighted by Crippen LogP contribution is -2.21. The van der Waals surface area contributed by atoms with E-state index in [9.17, 15) is 4.79 Å². The summed E-state index contributed by atoms with van der Waals surface area (Å²) in [6.07, 6.45) is 3.51. The molecule has 7 heteroatoms. The van der Waals surface area contributed by atoms with Crippen LogP contribution in [-0.4, -0.2) is 21.5 Å². The molecule has 100 valence electrons. The van der Waals surface area contributed by atoms with Gasteiger partial charge in [0.15, 0.2) is 4.32 Å². The quantitative estimate of drug-likeness (QED) is 0.482. The second-order valence-electron chi connectivity index (χ2n) is 3.77. The van der Waals surface area contributed by atoms with Crippen LogP contribution in [0.2, 0.25) is 0 Å². The Hall–Kier alpha value is -1.28. The Labute approximate surface area is 133 Å². The van der Waals surface area contributed by atoms with Gasteiger partial charge in [0.05, 0.1) is 11.1 Å². The van der Waals surface area contributed by atoms with Crippen LogP contribution in [0.5, 0.6) is 0 Å². The molecule has 0 bridgehead atoms. The zero-order chi connectivity index (χ0) is 13.9. The van der Waals surface area contributed by atoms with Crippen molar-refractivity contribution in [3.05, 3.63) is 49.7 Å². The summed E-state index contributed by atoms with van der Waals surface area (Å²) in [6.45, 7) is 0. The Morgan fingerprint density at radius 3 is 2.50 bits per heavy atom. The van der Waals surface area contributed by atoms with Gasteiger partial charge < -0.3 is 0 Å². The molecule has 1 aliphatic heterocycles. The smallest absolute Gasteiger partial charge is 0.266 e. The molecule has 1 fully saturated rings. The fourth-order valence-corrected chi connectivity index (χ4v) is 4.02. The van der Waals surface area contributed by atoms with Gasteiger partial charge in [0.1, 0.15) is 0 Å².